The van der Waals surface area contributed by atoms with Gasteiger partial charge in [0.05, 0.1) is 6.10 Å². The van der Waals surface area contributed by atoms with Crippen LogP contribution in [0.5, 0.6) is 0 Å². The highest BCUT2D eigenvalue weighted by Crippen LogP contribution is 2.19. The second-order valence-corrected chi connectivity index (χ2v) is 5.27. The summed E-state index contributed by atoms with van der Waals surface area (Å²) in [6, 6.07) is 4.84. The van der Waals surface area contributed by atoms with Crippen LogP contribution in [0.4, 0.5) is 10.5 Å². The maximum atomic E-state index is 12.3. The zero-order valence-electron chi connectivity index (χ0n) is 12.4. The summed E-state index contributed by atoms with van der Waals surface area (Å²) >= 11 is 0. The van der Waals surface area contributed by atoms with Gasteiger partial charge in [0.1, 0.15) is 0 Å². The average molecular weight is 291 g/mol. The number of carbonyl (C=O) groups excluding carboxylic acids is 2. The van der Waals surface area contributed by atoms with Crippen molar-refractivity contribution in [2.45, 2.75) is 25.9 Å². The van der Waals surface area contributed by atoms with E-state index in [9.17, 15) is 9.59 Å². The van der Waals surface area contributed by atoms with Crippen molar-refractivity contribution in [1.29, 1.82) is 0 Å². The quantitative estimate of drug-likeness (QED) is 0.889. The summed E-state index contributed by atoms with van der Waals surface area (Å²) in [5, 5.41) is 2.84. The highest BCUT2D eigenvalue weighted by Gasteiger charge is 2.23. The standard InChI is InChI=1S/C15H21N3O3/c1-10-5-6-11(14(16)19)8-13(10)17-15(20)18-7-3-4-12(9-18)21-2/h5-6,8,12H,3-4,7,9H2,1-2H3,(H2,16,19)(H,17,20)/t12-/m0/s1. The minimum Gasteiger partial charge on any atom is -0.380 e. The van der Waals surface area contributed by atoms with Gasteiger partial charge in [-0.25, -0.2) is 4.79 Å². The highest BCUT2D eigenvalue weighted by molar-refractivity contribution is 5.96. The Hall–Kier alpha value is -2.08. The monoisotopic (exact) mass is 291 g/mol. The Kier molecular flexibility index (Phi) is 4.80. The lowest BCUT2D eigenvalue weighted by Crippen LogP contribution is -2.45. The summed E-state index contributed by atoms with van der Waals surface area (Å²) in [6.07, 6.45) is 1.98. The number of rotatable bonds is 3. The van der Waals surface area contributed by atoms with Crippen LogP contribution in [0.15, 0.2) is 18.2 Å². The number of urea groups is 1. The molecule has 114 valence electrons. The molecule has 1 heterocycles. The Morgan fingerprint density at radius 1 is 1.43 bits per heavy atom. The number of amides is 3. The molecular formula is C15H21N3O3. The SMILES string of the molecule is CO[C@H]1CCCN(C(=O)Nc2cc(C(N)=O)ccc2C)C1. The summed E-state index contributed by atoms with van der Waals surface area (Å²) in [7, 11) is 1.66. The first kappa shape index (κ1) is 15.3. The number of hydrogen-bond donors (Lipinski definition) is 2. The zero-order chi connectivity index (χ0) is 15.4. The molecule has 0 saturated carbocycles. The van der Waals surface area contributed by atoms with Crippen LogP contribution in [0.2, 0.25) is 0 Å². The van der Waals surface area contributed by atoms with E-state index in [0.717, 1.165) is 18.4 Å². The van der Waals surface area contributed by atoms with Crippen molar-refractivity contribution >= 4 is 17.6 Å². The van der Waals surface area contributed by atoms with Gasteiger partial charge in [-0.05, 0) is 37.5 Å². The first-order valence-corrected chi connectivity index (χ1v) is 7.00. The third-order valence-corrected chi connectivity index (χ3v) is 3.76. The van der Waals surface area contributed by atoms with E-state index in [2.05, 4.69) is 5.32 Å². The fourth-order valence-corrected chi connectivity index (χ4v) is 2.42. The smallest absolute Gasteiger partial charge is 0.321 e. The Morgan fingerprint density at radius 3 is 2.86 bits per heavy atom. The van der Waals surface area contributed by atoms with Gasteiger partial charge < -0.3 is 20.7 Å². The Labute approximate surface area is 124 Å². The second kappa shape index (κ2) is 6.58. The molecule has 1 fully saturated rings. The van der Waals surface area contributed by atoms with Gasteiger partial charge in [-0.1, -0.05) is 6.07 Å². The number of methoxy groups -OCH3 is 1. The molecule has 0 spiro atoms. The van der Waals surface area contributed by atoms with Gasteiger partial charge in [-0.2, -0.15) is 0 Å². The fourth-order valence-electron chi connectivity index (χ4n) is 2.42. The van der Waals surface area contributed by atoms with Gasteiger partial charge in [0.15, 0.2) is 0 Å². The maximum absolute atomic E-state index is 12.3. The van der Waals surface area contributed by atoms with Crippen LogP contribution in [0, 0.1) is 6.92 Å². The second-order valence-electron chi connectivity index (χ2n) is 5.27. The minimum atomic E-state index is -0.511. The van der Waals surface area contributed by atoms with E-state index in [1.165, 1.54) is 0 Å². The van der Waals surface area contributed by atoms with Crippen molar-refractivity contribution in [2.75, 3.05) is 25.5 Å². The molecule has 1 aliphatic heterocycles. The molecule has 6 nitrogen and oxygen atoms in total. The maximum Gasteiger partial charge on any atom is 0.321 e. The Morgan fingerprint density at radius 2 is 2.19 bits per heavy atom. The molecule has 0 bridgehead atoms. The van der Waals surface area contributed by atoms with Gasteiger partial charge >= 0.3 is 6.03 Å². The summed E-state index contributed by atoms with van der Waals surface area (Å²) in [4.78, 5) is 25.3. The number of benzene rings is 1. The number of nitrogens with zero attached hydrogens (tertiary/aromatic N) is 1. The normalized spacial score (nSPS) is 18.4. The number of carbonyl (C=O) groups is 2. The Balaban J connectivity index is 2.08. The molecule has 1 atom stereocenters. The number of nitrogens with one attached hydrogen (secondary N) is 1. The first-order valence-electron chi connectivity index (χ1n) is 7.00. The van der Waals surface area contributed by atoms with Crippen molar-refractivity contribution in [2.24, 2.45) is 5.73 Å². The van der Waals surface area contributed by atoms with Crippen LogP contribution in [0.3, 0.4) is 0 Å². The van der Waals surface area contributed by atoms with Gasteiger partial charge in [-0.15, -0.1) is 0 Å². The Bertz CT molecular complexity index is 545. The van der Waals surface area contributed by atoms with E-state index in [1.54, 1.807) is 30.2 Å². The van der Waals surface area contributed by atoms with Crippen LogP contribution in [0.1, 0.15) is 28.8 Å². The molecule has 21 heavy (non-hydrogen) atoms. The molecule has 0 aliphatic carbocycles. The molecule has 0 unspecified atom stereocenters. The van der Waals surface area contributed by atoms with E-state index in [0.29, 0.717) is 24.3 Å². The van der Waals surface area contributed by atoms with Crippen molar-refractivity contribution in [1.82, 2.24) is 4.90 Å². The van der Waals surface area contributed by atoms with Crippen molar-refractivity contribution in [3.05, 3.63) is 29.3 Å². The number of nitrogens with two attached hydrogens (primary N) is 1. The van der Waals surface area contributed by atoms with Crippen LogP contribution >= 0.6 is 0 Å². The minimum absolute atomic E-state index is 0.0857. The van der Waals surface area contributed by atoms with Crippen LogP contribution in [-0.4, -0.2) is 43.1 Å². The lowest BCUT2D eigenvalue weighted by Gasteiger charge is -2.32. The van der Waals surface area contributed by atoms with Gasteiger partial charge in [0, 0.05) is 31.5 Å². The summed E-state index contributed by atoms with van der Waals surface area (Å²) in [6.45, 7) is 3.16. The molecule has 0 radical (unpaired) electrons. The number of primary amides is 1. The zero-order valence-corrected chi connectivity index (χ0v) is 12.4. The number of likely N-dealkylation sites (tertiary alicyclic amines) is 1. The lowest BCUT2D eigenvalue weighted by molar-refractivity contribution is 0.0458. The molecule has 1 aromatic rings. The average Bonchev–Trinajstić information content (AvgIpc) is 2.49. The van der Waals surface area contributed by atoms with Crippen molar-refractivity contribution in [3.8, 4) is 0 Å². The highest BCUT2D eigenvalue weighted by atomic mass is 16.5. The molecular weight excluding hydrogens is 270 g/mol. The number of anilines is 1. The van der Waals surface area contributed by atoms with Crippen molar-refractivity contribution in [3.63, 3.8) is 0 Å². The summed E-state index contributed by atoms with van der Waals surface area (Å²) in [5.41, 5.74) is 7.13. The van der Waals surface area contributed by atoms with Crippen LogP contribution in [-0.2, 0) is 4.74 Å². The molecule has 3 N–H and O–H groups in total. The molecule has 2 rings (SSSR count). The number of hydrogen-bond acceptors (Lipinski definition) is 3. The molecule has 1 saturated heterocycles. The number of piperidine rings is 1. The summed E-state index contributed by atoms with van der Waals surface area (Å²) in [5.74, 6) is -0.511. The third-order valence-electron chi connectivity index (χ3n) is 3.76. The molecule has 1 aromatic carbocycles. The number of ether oxygens (including phenoxy) is 1. The fraction of sp³-hybridized carbons (Fsp3) is 0.467. The molecule has 0 aromatic heterocycles. The lowest BCUT2D eigenvalue weighted by atomic mass is 10.1. The van der Waals surface area contributed by atoms with Gasteiger partial charge in [0.2, 0.25) is 5.91 Å². The van der Waals surface area contributed by atoms with E-state index in [-0.39, 0.29) is 12.1 Å². The third kappa shape index (κ3) is 3.72. The van der Waals surface area contributed by atoms with E-state index in [1.807, 2.05) is 6.92 Å². The first-order chi connectivity index (χ1) is 10.0. The predicted octanol–water partition coefficient (Wildman–Crippen LogP) is 1.74. The number of aryl methyl sites for hydroxylation is 1. The van der Waals surface area contributed by atoms with E-state index < -0.39 is 5.91 Å². The summed E-state index contributed by atoms with van der Waals surface area (Å²) < 4.78 is 5.31. The van der Waals surface area contributed by atoms with Gasteiger partial charge in [-0.3, -0.25) is 4.79 Å². The molecule has 1 aliphatic rings. The molecule has 3 amide bonds. The predicted molar refractivity (Wildman–Crippen MR) is 80.3 cm³/mol. The van der Waals surface area contributed by atoms with Gasteiger partial charge in [0.25, 0.3) is 0 Å². The van der Waals surface area contributed by atoms with E-state index in [4.69, 9.17) is 10.5 Å². The van der Waals surface area contributed by atoms with E-state index >= 15 is 0 Å². The molecule has 6 heteroatoms. The topological polar surface area (TPSA) is 84.7 Å². The van der Waals surface area contributed by atoms with Crippen LogP contribution in [0.25, 0.3) is 0 Å². The van der Waals surface area contributed by atoms with Crippen molar-refractivity contribution < 1.29 is 14.3 Å². The van der Waals surface area contributed by atoms with Crippen LogP contribution < -0.4 is 11.1 Å². The largest absolute Gasteiger partial charge is 0.380 e.